The Bertz CT molecular complexity index is 2270. The van der Waals surface area contributed by atoms with Gasteiger partial charge >= 0.3 is 5.97 Å². The van der Waals surface area contributed by atoms with Gasteiger partial charge in [0.1, 0.15) is 6.29 Å². The number of carbonyl (C=O) groups is 5. The van der Waals surface area contributed by atoms with Crippen molar-refractivity contribution in [1.29, 1.82) is 0 Å². The average molecular weight is 841 g/mol. The number of aliphatic carboxylic acids is 1. The number of carboxylic acid groups (broad SMARTS) is 1. The quantitative estimate of drug-likeness (QED) is 0.0577. The highest BCUT2D eigenvalue weighted by Gasteiger charge is 2.15. The van der Waals surface area contributed by atoms with Crippen molar-refractivity contribution < 1.29 is 99.8 Å². The molecule has 0 aliphatic rings. The third-order valence-corrected chi connectivity index (χ3v) is 7.34. The minimum absolute atomic E-state index is 0.00898. The number of aromatic hydroxyl groups is 12. The summed E-state index contributed by atoms with van der Waals surface area (Å²) in [5.41, 5.74) is 0.726. The fourth-order valence-corrected chi connectivity index (χ4v) is 4.23. The van der Waals surface area contributed by atoms with E-state index in [0.29, 0.717) is 18.1 Å². The minimum atomic E-state index is -0.972. The molecule has 20 nitrogen and oxygen atoms in total. The van der Waals surface area contributed by atoms with E-state index in [0.717, 1.165) is 18.2 Å². The average Bonchev–Trinajstić information content (AvgIpc) is 3.20. The molecule has 5 rings (SSSR count). The van der Waals surface area contributed by atoms with Crippen LogP contribution in [-0.4, -0.2) is 111 Å². The summed E-state index contributed by atoms with van der Waals surface area (Å²) in [6.45, 7) is 2.51. The second kappa shape index (κ2) is 22.9. The molecule has 5 aromatic carbocycles. The molecular formula is C40H40O20. The van der Waals surface area contributed by atoms with Crippen LogP contribution in [0.15, 0.2) is 66.7 Å². The number of Topliss-reactive ketones (excluding diaryl/α,β-unsaturated/α-hetero) is 2. The zero-order valence-corrected chi connectivity index (χ0v) is 31.9. The lowest BCUT2D eigenvalue weighted by molar-refractivity contribution is -0.136. The van der Waals surface area contributed by atoms with E-state index in [-0.39, 0.29) is 74.7 Å². The summed E-state index contributed by atoms with van der Waals surface area (Å²) < 4.78 is 9.40. The van der Waals surface area contributed by atoms with Crippen LogP contribution in [0.2, 0.25) is 0 Å². The number of rotatable bonds is 8. The van der Waals surface area contributed by atoms with Crippen LogP contribution < -0.4 is 9.47 Å². The molecule has 0 saturated heterocycles. The molecule has 20 heteroatoms. The second-order valence-electron chi connectivity index (χ2n) is 11.5. The third kappa shape index (κ3) is 13.9. The predicted octanol–water partition coefficient (Wildman–Crippen LogP) is 4.57. The first-order valence-electron chi connectivity index (χ1n) is 16.4. The molecule has 0 saturated carbocycles. The molecule has 0 fully saturated rings. The highest BCUT2D eigenvalue weighted by atomic mass is 16.5. The van der Waals surface area contributed by atoms with E-state index in [1.165, 1.54) is 76.6 Å². The van der Waals surface area contributed by atoms with Gasteiger partial charge < -0.3 is 75.9 Å². The standard InChI is InChI=1S/5C8H8O4/c1-12-7-3-5(4-9)2-6(10)8(7)11;1-12-6-3-2-5(4-9)7(10)8(6)11;2*1-4(9)5-2-3-6(10)8(12)7(5)11;9-6-2-1-5(3-7(6)10)4-8(11)12/h2*2-4,10-11H,1H3;2*2-3,10-12H,1H3;1-3,9-10H,4H2,(H,11,12). The van der Waals surface area contributed by atoms with Crippen molar-refractivity contribution in [2.24, 2.45) is 0 Å². The molecule has 13 N–H and O–H groups in total. The van der Waals surface area contributed by atoms with Crippen molar-refractivity contribution in [3.63, 3.8) is 0 Å². The van der Waals surface area contributed by atoms with Crippen molar-refractivity contribution in [2.45, 2.75) is 20.3 Å². The largest absolute Gasteiger partial charge is 0.504 e. The van der Waals surface area contributed by atoms with E-state index >= 15 is 0 Å². The maximum absolute atomic E-state index is 10.8. The van der Waals surface area contributed by atoms with Crippen molar-refractivity contribution >= 4 is 30.1 Å². The van der Waals surface area contributed by atoms with Crippen molar-refractivity contribution in [1.82, 2.24) is 0 Å². The molecule has 0 aliphatic carbocycles. The fraction of sp³-hybridized carbons (Fsp3) is 0.125. The van der Waals surface area contributed by atoms with Crippen LogP contribution >= 0.6 is 0 Å². The molecule has 0 spiro atoms. The van der Waals surface area contributed by atoms with Crippen LogP contribution in [0.1, 0.15) is 60.8 Å². The molecule has 0 aromatic heterocycles. The van der Waals surface area contributed by atoms with Gasteiger partial charge in [0.25, 0.3) is 0 Å². The molecule has 0 amide bonds. The Labute approximate surface area is 339 Å². The van der Waals surface area contributed by atoms with Crippen molar-refractivity contribution in [2.75, 3.05) is 14.2 Å². The van der Waals surface area contributed by atoms with Gasteiger partial charge in [0.2, 0.25) is 23.0 Å². The summed E-state index contributed by atoms with van der Waals surface area (Å²) in [5, 5.41) is 117. The SMILES string of the molecule is CC(=O)c1ccc(O)c(O)c1O.CC(=O)c1ccc(O)c(O)c1O.COc1cc(C=O)cc(O)c1O.COc1ccc(C=O)c(O)c1O.O=C(O)Cc1ccc(O)c(O)c1. The van der Waals surface area contributed by atoms with Gasteiger partial charge in [0.15, 0.2) is 75.3 Å². The molecule has 0 heterocycles. The lowest BCUT2D eigenvalue weighted by Gasteiger charge is -2.05. The highest BCUT2D eigenvalue weighted by molar-refractivity contribution is 5.98. The van der Waals surface area contributed by atoms with Crippen LogP contribution in [0.25, 0.3) is 0 Å². The summed E-state index contributed by atoms with van der Waals surface area (Å²) >= 11 is 0. The number of benzene rings is 5. The number of carbonyl (C=O) groups excluding carboxylic acids is 4. The number of hydrogen-bond donors (Lipinski definition) is 13. The van der Waals surface area contributed by atoms with Gasteiger partial charge in [0, 0.05) is 5.56 Å². The maximum atomic E-state index is 10.8. The van der Waals surface area contributed by atoms with E-state index in [4.69, 9.17) is 70.8 Å². The first kappa shape index (κ1) is 49.5. The van der Waals surface area contributed by atoms with E-state index in [2.05, 4.69) is 0 Å². The molecule has 5 aromatic rings. The number of ketones is 2. The summed E-state index contributed by atoms with van der Waals surface area (Å²) in [6.07, 6.45) is 0.851. The fourth-order valence-electron chi connectivity index (χ4n) is 4.23. The molecule has 0 atom stereocenters. The lowest BCUT2D eigenvalue weighted by atomic mass is 10.1. The Morgan fingerprint density at radius 2 is 0.967 bits per heavy atom. The number of carboxylic acids is 1. The van der Waals surface area contributed by atoms with Crippen LogP contribution in [0.4, 0.5) is 0 Å². The third-order valence-electron chi connectivity index (χ3n) is 7.34. The Morgan fingerprint density at radius 1 is 0.483 bits per heavy atom. The Hall–Kier alpha value is -8.55. The number of methoxy groups -OCH3 is 2. The first-order valence-corrected chi connectivity index (χ1v) is 16.4. The smallest absolute Gasteiger partial charge is 0.307 e. The molecule has 0 unspecified atom stereocenters. The zero-order valence-electron chi connectivity index (χ0n) is 31.9. The Morgan fingerprint density at radius 3 is 1.37 bits per heavy atom. The lowest BCUT2D eigenvalue weighted by Crippen LogP contribution is -1.99. The zero-order chi connectivity index (χ0) is 46.0. The molecular weight excluding hydrogens is 800 g/mol. The van der Waals surface area contributed by atoms with Crippen LogP contribution in [-0.2, 0) is 11.2 Å². The van der Waals surface area contributed by atoms with Crippen LogP contribution in [0, 0.1) is 0 Å². The van der Waals surface area contributed by atoms with E-state index in [1.54, 1.807) is 0 Å². The topological polar surface area (TPSA) is 367 Å². The van der Waals surface area contributed by atoms with Gasteiger partial charge in [-0.1, -0.05) is 6.07 Å². The highest BCUT2D eigenvalue weighted by Crippen LogP contribution is 2.39. The summed E-state index contributed by atoms with van der Waals surface area (Å²) in [7, 11) is 2.69. The molecule has 320 valence electrons. The Kier molecular flexibility index (Phi) is 18.9. The van der Waals surface area contributed by atoms with E-state index in [1.807, 2.05) is 0 Å². The predicted molar refractivity (Wildman–Crippen MR) is 207 cm³/mol. The number of hydrogen-bond acceptors (Lipinski definition) is 19. The molecule has 0 radical (unpaired) electrons. The van der Waals surface area contributed by atoms with Gasteiger partial charge in [-0.15, -0.1) is 0 Å². The normalized spacial score (nSPS) is 9.60. The number of phenolic OH excluding ortho intramolecular Hbond substituents is 12. The molecule has 0 aliphatic heterocycles. The molecule has 60 heavy (non-hydrogen) atoms. The second-order valence-corrected chi connectivity index (χ2v) is 11.5. The summed E-state index contributed by atoms with van der Waals surface area (Å²) in [4.78, 5) is 52.3. The van der Waals surface area contributed by atoms with Crippen molar-refractivity contribution in [3.05, 3.63) is 94.5 Å². The van der Waals surface area contributed by atoms with Crippen LogP contribution in [0.5, 0.6) is 80.5 Å². The van der Waals surface area contributed by atoms with E-state index < -0.39 is 52.0 Å². The van der Waals surface area contributed by atoms with Gasteiger partial charge in [-0.2, -0.15) is 0 Å². The number of ether oxygens (including phenoxy) is 2. The van der Waals surface area contributed by atoms with Gasteiger partial charge in [-0.25, -0.2) is 0 Å². The number of phenols is 12. The first-order chi connectivity index (χ1) is 28.1. The minimum Gasteiger partial charge on any atom is -0.504 e. The molecule has 0 bridgehead atoms. The van der Waals surface area contributed by atoms with Crippen molar-refractivity contribution in [3.8, 4) is 80.5 Å². The Balaban J connectivity index is 0.000000375. The summed E-state index contributed by atoms with van der Waals surface area (Å²) in [5.74, 6) is -7.02. The maximum Gasteiger partial charge on any atom is 0.307 e. The van der Waals surface area contributed by atoms with Crippen LogP contribution in [0.3, 0.4) is 0 Å². The van der Waals surface area contributed by atoms with Gasteiger partial charge in [0.05, 0.1) is 37.3 Å². The van der Waals surface area contributed by atoms with Gasteiger partial charge in [-0.05, 0) is 80.1 Å². The monoisotopic (exact) mass is 840 g/mol. The summed E-state index contributed by atoms with van der Waals surface area (Å²) in [6, 6.07) is 14.0. The number of aldehydes is 2. The van der Waals surface area contributed by atoms with E-state index in [9.17, 15) is 29.1 Å². The van der Waals surface area contributed by atoms with Gasteiger partial charge in [-0.3, -0.25) is 24.0 Å².